The van der Waals surface area contributed by atoms with E-state index in [1.165, 1.54) is 7.11 Å². The number of thiocarbonyl (C=S) groups is 1. The van der Waals surface area contributed by atoms with Gasteiger partial charge in [0.25, 0.3) is 0 Å². The Morgan fingerprint density at radius 2 is 1.85 bits per heavy atom. The topological polar surface area (TPSA) is 88.5 Å². The average molecular weight is 617 g/mol. The van der Waals surface area contributed by atoms with Crippen molar-refractivity contribution in [2.24, 2.45) is 0 Å². The number of sulfonamides is 1. The lowest BCUT2D eigenvalue weighted by Crippen LogP contribution is -2.29. The molecule has 208 valence electrons. The molecule has 1 aliphatic rings. The molecule has 12 heteroatoms. The van der Waals surface area contributed by atoms with Gasteiger partial charge in [0.05, 0.1) is 52.6 Å². The van der Waals surface area contributed by atoms with E-state index in [2.05, 4.69) is 25.7 Å². The summed E-state index contributed by atoms with van der Waals surface area (Å²) in [6, 6.07) is 18.1. The van der Waals surface area contributed by atoms with E-state index in [4.69, 9.17) is 40.2 Å². The number of hydrogen-bond donors (Lipinski definition) is 2. The summed E-state index contributed by atoms with van der Waals surface area (Å²) in [7, 11) is -2.08. The van der Waals surface area contributed by atoms with E-state index in [9.17, 15) is 8.42 Å². The Balaban J connectivity index is 1.70. The van der Waals surface area contributed by atoms with Gasteiger partial charge in [-0.15, -0.1) is 0 Å². The first-order chi connectivity index (χ1) is 19.0. The normalized spacial score (nSPS) is 17.1. The zero-order valence-electron chi connectivity index (χ0n) is 22.1. The fraction of sp³-hybridized carbons (Fsp3) is 0.214. The first-order valence-corrected chi connectivity index (χ1v) is 15.4. The van der Waals surface area contributed by atoms with Crippen molar-refractivity contribution in [3.8, 4) is 11.4 Å². The third-order valence-corrected chi connectivity index (χ3v) is 8.53. The predicted molar refractivity (Wildman–Crippen MR) is 165 cm³/mol. The first kappa shape index (κ1) is 28.2. The minimum atomic E-state index is -3.56. The molecular formula is C28H27Cl2N5O3S2. The van der Waals surface area contributed by atoms with Gasteiger partial charge in [-0.25, -0.2) is 8.42 Å². The third kappa shape index (κ3) is 5.24. The van der Waals surface area contributed by atoms with Crippen LogP contribution >= 0.6 is 35.4 Å². The zero-order valence-corrected chi connectivity index (χ0v) is 25.3. The maximum atomic E-state index is 12.1. The highest BCUT2D eigenvalue weighted by Gasteiger charge is 2.42. The molecule has 0 unspecified atom stereocenters. The second-order valence-electron chi connectivity index (χ2n) is 9.49. The molecule has 0 spiro atoms. The van der Waals surface area contributed by atoms with E-state index >= 15 is 0 Å². The van der Waals surface area contributed by atoms with Gasteiger partial charge in [0.15, 0.2) is 5.11 Å². The molecule has 0 bridgehead atoms. The summed E-state index contributed by atoms with van der Waals surface area (Å²) in [5.74, 6) is 0.388. The van der Waals surface area contributed by atoms with Crippen molar-refractivity contribution in [1.29, 1.82) is 0 Å². The molecule has 1 fully saturated rings. The van der Waals surface area contributed by atoms with Crippen LogP contribution in [0.5, 0.6) is 5.75 Å². The predicted octanol–water partition coefficient (Wildman–Crippen LogP) is 6.35. The molecule has 2 aromatic carbocycles. The zero-order chi connectivity index (χ0) is 28.8. The SMILES string of the molecule is COc1ccc(N2C(=S)N[C@@H](c3ccccn3)[C@H]2c2cc(C)n(-c3cccc(Cl)c3Cl)c2C)cc1NS(C)(=O)=O. The molecule has 0 radical (unpaired) electrons. The van der Waals surface area contributed by atoms with Crippen LogP contribution < -0.4 is 19.7 Å². The van der Waals surface area contributed by atoms with Crippen molar-refractivity contribution in [2.45, 2.75) is 25.9 Å². The standard InChI is InChI=1S/C28H27Cl2N5O3S2/c1-16-14-19(17(2)34(16)23-10-7-8-20(29)25(23)30)27-26(21-9-5-6-13-31-21)32-28(39)35(27)18-11-12-24(38-3)22(15-18)33-40(4,36)37/h5-15,26-27,33H,1-4H3,(H,32,39)/t26-,27+/m0/s1. The largest absolute Gasteiger partial charge is 0.495 e. The van der Waals surface area contributed by atoms with Crippen LogP contribution in [0.25, 0.3) is 5.69 Å². The summed E-state index contributed by atoms with van der Waals surface area (Å²) < 4.78 is 34.3. The Kier molecular flexibility index (Phi) is 7.71. The fourth-order valence-electron chi connectivity index (χ4n) is 5.20. The second kappa shape index (κ2) is 10.9. The lowest BCUT2D eigenvalue weighted by molar-refractivity contribution is 0.417. The van der Waals surface area contributed by atoms with Gasteiger partial charge in [0.1, 0.15) is 5.75 Å². The summed E-state index contributed by atoms with van der Waals surface area (Å²) in [5, 5.41) is 4.85. The monoisotopic (exact) mass is 615 g/mol. The average Bonchev–Trinajstić information content (AvgIpc) is 3.40. The number of nitrogens with zero attached hydrogens (tertiary/aromatic N) is 3. The van der Waals surface area contributed by atoms with E-state index in [0.29, 0.717) is 32.3 Å². The lowest BCUT2D eigenvalue weighted by atomic mass is 9.96. The first-order valence-electron chi connectivity index (χ1n) is 12.3. The van der Waals surface area contributed by atoms with Crippen LogP contribution in [0.15, 0.2) is 66.9 Å². The van der Waals surface area contributed by atoms with Gasteiger partial charge in [-0.1, -0.05) is 35.3 Å². The number of halogens is 2. The second-order valence-corrected chi connectivity index (χ2v) is 12.4. The highest BCUT2D eigenvalue weighted by Crippen LogP contribution is 2.45. The van der Waals surface area contributed by atoms with Gasteiger partial charge < -0.3 is 19.5 Å². The van der Waals surface area contributed by atoms with Crippen LogP contribution in [-0.4, -0.2) is 36.4 Å². The van der Waals surface area contributed by atoms with E-state index in [1.54, 1.807) is 24.4 Å². The number of aromatic nitrogens is 2. The Morgan fingerprint density at radius 1 is 1.07 bits per heavy atom. The maximum Gasteiger partial charge on any atom is 0.229 e. The van der Waals surface area contributed by atoms with Gasteiger partial charge in [0, 0.05) is 23.3 Å². The molecule has 2 aromatic heterocycles. The summed E-state index contributed by atoms with van der Waals surface area (Å²) in [6.45, 7) is 4.04. The number of benzene rings is 2. The minimum Gasteiger partial charge on any atom is -0.495 e. The Morgan fingerprint density at radius 3 is 2.52 bits per heavy atom. The molecule has 3 heterocycles. The molecule has 4 aromatic rings. The maximum absolute atomic E-state index is 12.1. The number of rotatable bonds is 7. The van der Waals surface area contributed by atoms with Crippen molar-refractivity contribution >= 4 is 61.9 Å². The highest BCUT2D eigenvalue weighted by molar-refractivity contribution is 7.92. The van der Waals surface area contributed by atoms with Crippen LogP contribution in [0.2, 0.25) is 10.0 Å². The van der Waals surface area contributed by atoms with Crippen molar-refractivity contribution in [3.05, 3.63) is 99.6 Å². The van der Waals surface area contributed by atoms with Crippen LogP contribution in [0.4, 0.5) is 11.4 Å². The summed E-state index contributed by atoms with van der Waals surface area (Å²) >= 11 is 18.9. The quantitative estimate of drug-likeness (QED) is 0.234. The summed E-state index contributed by atoms with van der Waals surface area (Å²) in [5.41, 5.74) is 5.47. The Hall–Kier alpha value is -3.31. The van der Waals surface area contributed by atoms with Gasteiger partial charge in [0.2, 0.25) is 10.0 Å². The Labute approximate surface area is 248 Å². The number of methoxy groups -OCH3 is 1. The number of hydrogen-bond acceptors (Lipinski definition) is 5. The number of aryl methyl sites for hydroxylation is 1. The minimum absolute atomic E-state index is 0.300. The van der Waals surface area contributed by atoms with Gasteiger partial charge in [-0.3, -0.25) is 9.71 Å². The molecule has 40 heavy (non-hydrogen) atoms. The fourth-order valence-corrected chi connectivity index (χ4v) is 6.48. The molecule has 1 saturated heterocycles. The van der Waals surface area contributed by atoms with Crippen molar-refractivity contribution in [3.63, 3.8) is 0 Å². The smallest absolute Gasteiger partial charge is 0.229 e. The highest BCUT2D eigenvalue weighted by atomic mass is 35.5. The number of anilines is 2. The van der Waals surface area contributed by atoms with Crippen LogP contribution in [0, 0.1) is 13.8 Å². The van der Waals surface area contributed by atoms with Crippen LogP contribution in [0.3, 0.4) is 0 Å². The van der Waals surface area contributed by atoms with E-state index in [-0.39, 0.29) is 12.1 Å². The van der Waals surface area contributed by atoms with Crippen molar-refractivity contribution < 1.29 is 13.2 Å². The number of nitrogens with one attached hydrogen (secondary N) is 2. The number of pyridine rings is 1. The van der Waals surface area contributed by atoms with E-state index in [1.807, 2.05) is 55.1 Å². The number of ether oxygens (including phenoxy) is 1. The van der Waals surface area contributed by atoms with Crippen molar-refractivity contribution in [2.75, 3.05) is 23.0 Å². The van der Waals surface area contributed by atoms with Crippen molar-refractivity contribution in [1.82, 2.24) is 14.9 Å². The van der Waals surface area contributed by atoms with E-state index < -0.39 is 10.0 Å². The molecule has 5 rings (SSSR count). The summed E-state index contributed by atoms with van der Waals surface area (Å²) in [4.78, 5) is 6.61. The molecular weight excluding hydrogens is 589 g/mol. The summed E-state index contributed by atoms with van der Waals surface area (Å²) in [6.07, 6.45) is 2.84. The molecule has 2 N–H and O–H groups in total. The Bertz CT molecular complexity index is 1710. The van der Waals surface area contributed by atoms with Gasteiger partial charge in [-0.2, -0.15) is 0 Å². The molecule has 0 saturated carbocycles. The van der Waals surface area contributed by atoms with Crippen LogP contribution in [-0.2, 0) is 10.0 Å². The van der Waals surface area contributed by atoms with E-state index in [0.717, 1.165) is 34.6 Å². The van der Waals surface area contributed by atoms with Gasteiger partial charge >= 0.3 is 0 Å². The molecule has 1 aliphatic heterocycles. The van der Waals surface area contributed by atoms with Crippen LogP contribution in [0.1, 0.15) is 34.7 Å². The lowest BCUT2D eigenvalue weighted by Gasteiger charge is -2.29. The molecule has 0 amide bonds. The molecule has 0 aliphatic carbocycles. The van der Waals surface area contributed by atoms with Gasteiger partial charge in [-0.05, 0) is 80.2 Å². The molecule has 2 atom stereocenters. The molecule has 8 nitrogen and oxygen atoms in total. The third-order valence-electron chi connectivity index (χ3n) is 6.82.